The zero-order chi connectivity index (χ0) is 23.5. The van der Waals surface area contributed by atoms with Crippen LogP contribution in [0.25, 0.3) is 22.1 Å². The molecule has 1 N–H and O–H groups in total. The summed E-state index contributed by atoms with van der Waals surface area (Å²) in [4.78, 5) is 35.8. The number of ether oxygens (including phenoxy) is 1. The molecule has 3 aromatic carbocycles. The maximum Gasteiger partial charge on any atom is 0.344 e. The summed E-state index contributed by atoms with van der Waals surface area (Å²) in [7, 11) is 0. The standard InChI is InChI=1S/C24H17ClN2O6/c1-2-32-22-10-7-15(12-20(22)27(30)31)23(28)26-16-8-9-17(19(25)13-16)18-11-14-5-3-4-6-21(14)33-24(18)29/h3-13H,2H2,1H3,(H,26,28). The molecule has 0 spiro atoms. The van der Waals surface area contributed by atoms with Crippen molar-refractivity contribution < 1.29 is 18.9 Å². The van der Waals surface area contributed by atoms with Gasteiger partial charge < -0.3 is 14.5 Å². The van der Waals surface area contributed by atoms with E-state index in [1.165, 1.54) is 18.2 Å². The van der Waals surface area contributed by atoms with Gasteiger partial charge in [-0.1, -0.05) is 35.9 Å². The van der Waals surface area contributed by atoms with Crippen molar-refractivity contribution in [2.24, 2.45) is 0 Å². The number of nitro benzene ring substituents is 1. The Bertz CT molecular complexity index is 1450. The Morgan fingerprint density at radius 2 is 1.88 bits per heavy atom. The van der Waals surface area contributed by atoms with Crippen molar-refractivity contribution >= 4 is 39.9 Å². The first-order chi connectivity index (χ1) is 15.9. The smallest absolute Gasteiger partial charge is 0.344 e. The summed E-state index contributed by atoms with van der Waals surface area (Å²) in [6.07, 6.45) is 0. The molecule has 0 aliphatic heterocycles. The van der Waals surface area contributed by atoms with Crippen LogP contribution in [-0.2, 0) is 0 Å². The number of anilines is 1. The van der Waals surface area contributed by atoms with Gasteiger partial charge in [0.05, 0.1) is 22.1 Å². The van der Waals surface area contributed by atoms with Gasteiger partial charge in [-0.15, -0.1) is 0 Å². The zero-order valence-corrected chi connectivity index (χ0v) is 18.1. The fraction of sp³-hybridized carbons (Fsp3) is 0.0833. The number of carbonyl (C=O) groups excluding carboxylic acids is 1. The highest BCUT2D eigenvalue weighted by atomic mass is 35.5. The van der Waals surface area contributed by atoms with Crippen molar-refractivity contribution in [2.45, 2.75) is 6.92 Å². The number of fused-ring (bicyclic) bond motifs is 1. The number of hydrogen-bond donors (Lipinski definition) is 1. The van der Waals surface area contributed by atoms with Crippen LogP contribution in [0.3, 0.4) is 0 Å². The first kappa shape index (κ1) is 22.0. The molecule has 33 heavy (non-hydrogen) atoms. The number of rotatable bonds is 6. The van der Waals surface area contributed by atoms with Gasteiger partial charge in [0.15, 0.2) is 5.75 Å². The maximum absolute atomic E-state index is 12.6. The molecule has 0 unspecified atom stereocenters. The second-order valence-electron chi connectivity index (χ2n) is 7.01. The van der Waals surface area contributed by atoms with Crippen LogP contribution in [-0.4, -0.2) is 17.4 Å². The van der Waals surface area contributed by atoms with Crippen molar-refractivity contribution in [3.63, 3.8) is 0 Å². The molecule has 0 radical (unpaired) electrons. The first-order valence-corrected chi connectivity index (χ1v) is 10.3. The van der Waals surface area contributed by atoms with Crippen LogP contribution in [0.2, 0.25) is 5.02 Å². The highest BCUT2D eigenvalue weighted by Gasteiger charge is 2.19. The number of para-hydroxylation sites is 1. The van der Waals surface area contributed by atoms with Gasteiger partial charge in [-0.25, -0.2) is 4.79 Å². The minimum atomic E-state index is -0.609. The van der Waals surface area contributed by atoms with Crippen LogP contribution in [0.4, 0.5) is 11.4 Å². The van der Waals surface area contributed by atoms with Crippen molar-refractivity contribution in [3.8, 4) is 16.9 Å². The average Bonchev–Trinajstić information content (AvgIpc) is 2.79. The molecule has 0 fully saturated rings. The summed E-state index contributed by atoms with van der Waals surface area (Å²) in [5.41, 5.74) is 0.811. The van der Waals surface area contributed by atoms with E-state index < -0.39 is 16.5 Å². The van der Waals surface area contributed by atoms with Crippen molar-refractivity contribution in [3.05, 3.63) is 97.9 Å². The molecule has 4 aromatic rings. The lowest BCUT2D eigenvalue weighted by molar-refractivity contribution is -0.385. The van der Waals surface area contributed by atoms with E-state index in [0.717, 1.165) is 11.5 Å². The molecule has 9 heteroatoms. The third-order valence-corrected chi connectivity index (χ3v) is 5.19. The fourth-order valence-electron chi connectivity index (χ4n) is 3.34. The van der Waals surface area contributed by atoms with Crippen LogP contribution < -0.4 is 15.7 Å². The number of carbonyl (C=O) groups is 1. The van der Waals surface area contributed by atoms with Crippen molar-refractivity contribution in [1.29, 1.82) is 0 Å². The predicted octanol–water partition coefficient (Wildman–Crippen LogP) is 5.67. The largest absolute Gasteiger partial charge is 0.487 e. The molecule has 166 valence electrons. The van der Waals surface area contributed by atoms with E-state index in [2.05, 4.69) is 5.32 Å². The van der Waals surface area contributed by atoms with Gasteiger partial charge in [-0.3, -0.25) is 14.9 Å². The Morgan fingerprint density at radius 1 is 1.09 bits per heavy atom. The highest BCUT2D eigenvalue weighted by Crippen LogP contribution is 2.31. The van der Waals surface area contributed by atoms with Gasteiger partial charge in [0.2, 0.25) is 0 Å². The minimum absolute atomic E-state index is 0.0838. The number of nitro groups is 1. The molecule has 1 heterocycles. The summed E-state index contributed by atoms with van der Waals surface area (Å²) in [6, 6.07) is 17.5. The van der Waals surface area contributed by atoms with E-state index in [1.807, 2.05) is 12.1 Å². The molecule has 0 saturated carbocycles. The monoisotopic (exact) mass is 464 g/mol. The van der Waals surface area contributed by atoms with Gasteiger partial charge in [0.25, 0.3) is 5.91 Å². The van der Waals surface area contributed by atoms with E-state index in [9.17, 15) is 19.7 Å². The quantitative estimate of drug-likeness (QED) is 0.223. The Hall–Kier alpha value is -4.17. The summed E-state index contributed by atoms with van der Waals surface area (Å²) >= 11 is 6.40. The Labute approximate surface area is 192 Å². The molecular weight excluding hydrogens is 448 g/mol. The lowest BCUT2D eigenvalue weighted by Crippen LogP contribution is -2.12. The number of hydrogen-bond acceptors (Lipinski definition) is 6. The topological polar surface area (TPSA) is 112 Å². The first-order valence-electron chi connectivity index (χ1n) is 9.92. The summed E-state index contributed by atoms with van der Waals surface area (Å²) in [6.45, 7) is 1.96. The van der Waals surface area contributed by atoms with Gasteiger partial charge in [0, 0.05) is 28.3 Å². The Kier molecular flexibility index (Phi) is 6.10. The number of amides is 1. The molecular formula is C24H17ClN2O6. The third kappa shape index (κ3) is 4.56. The van der Waals surface area contributed by atoms with Crippen LogP contribution in [0, 0.1) is 10.1 Å². The molecule has 1 aromatic heterocycles. The Balaban J connectivity index is 1.61. The molecule has 0 bridgehead atoms. The fourth-order valence-corrected chi connectivity index (χ4v) is 3.63. The van der Waals surface area contributed by atoms with Crippen LogP contribution in [0.5, 0.6) is 5.75 Å². The van der Waals surface area contributed by atoms with Gasteiger partial charge in [-0.05, 0) is 43.3 Å². The third-order valence-electron chi connectivity index (χ3n) is 4.88. The second kappa shape index (κ2) is 9.13. The molecule has 0 saturated heterocycles. The predicted molar refractivity (Wildman–Crippen MR) is 125 cm³/mol. The molecule has 8 nitrogen and oxygen atoms in total. The van der Waals surface area contributed by atoms with E-state index >= 15 is 0 Å². The maximum atomic E-state index is 12.6. The number of nitrogens with zero attached hydrogens (tertiary/aromatic N) is 1. The van der Waals surface area contributed by atoms with E-state index in [0.29, 0.717) is 22.4 Å². The van der Waals surface area contributed by atoms with Gasteiger partial charge in [0.1, 0.15) is 5.58 Å². The summed E-state index contributed by atoms with van der Waals surface area (Å²) in [5, 5.41) is 14.9. The lowest BCUT2D eigenvalue weighted by Gasteiger charge is -2.10. The van der Waals surface area contributed by atoms with Gasteiger partial charge in [-0.2, -0.15) is 0 Å². The van der Waals surface area contributed by atoms with E-state index in [1.54, 1.807) is 37.3 Å². The molecule has 1 amide bonds. The molecule has 0 aliphatic carbocycles. The zero-order valence-electron chi connectivity index (χ0n) is 17.3. The van der Waals surface area contributed by atoms with Crippen molar-refractivity contribution in [1.82, 2.24) is 0 Å². The average molecular weight is 465 g/mol. The molecule has 0 atom stereocenters. The number of nitrogens with one attached hydrogen (secondary N) is 1. The van der Waals surface area contributed by atoms with E-state index in [4.69, 9.17) is 20.8 Å². The summed E-state index contributed by atoms with van der Waals surface area (Å²) in [5.74, 6) is -0.476. The molecule has 0 aliphatic rings. The van der Waals surface area contributed by atoms with Crippen LogP contribution in [0.1, 0.15) is 17.3 Å². The SMILES string of the molecule is CCOc1ccc(C(=O)Nc2ccc(-c3cc4ccccc4oc3=O)c(Cl)c2)cc1[N+](=O)[O-]. The van der Waals surface area contributed by atoms with Gasteiger partial charge >= 0.3 is 11.3 Å². The minimum Gasteiger partial charge on any atom is -0.487 e. The van der Waals surface area contributed by atoms with Crippen molar-refractivity contribution in [2.75, 3.05) is 11.9 Å². The number of benzene rings is 3. The molecule has 4 rings (SSSR count). The summed E-state index contributed by atoms with van der Waals surface area (Å²) < 4.78 is 10.6. The number of halogens is 1. The van der Waals surface area contributed by atoms with E-state index in [-0.39, 0.29) is 28.6 Å². The lowest BCUT2D eigenvalue weighted by atomic mass is 10.1. The van der Waals surface area contributed by atoms with Crippen LogP contribution in [0.15, 0.2) is 75.9 Å². The Morgan fingerprint density at radius 3 is 2.61 bits per heavy atom. The normalized spacial score (nSPS) is 10.7. The highest BCUT2D eigenvalue weighted by molar-refractivity contribution is 6.33. The second-order valence-corrected chi connectivity index (χ2v) is 7.41. The van der Waals surface area contributed by atoms with Crippen LogP contribution >= 0.6 is 11.6 Å².